The van der Waals surface area contributed by atoms with Gasteiger partial charge in [-0.1, -0.05) is 64.2 Å². The number of aromatic nitrogens is 2. The first-order valence-corrected chi connectivity index (χ1v) is 10.0. The lowest BCUT2D eigenvalue weighted by atomic mass is 10.1. The Labute approximate surface area is 148 Å². The third-order valence-electron chi connectivity index (χ3n) is 4.76. The average Bonchev–Trinajstić information content (AvgIpc) is 3.02. The van der Waals surface area contributed by atoms with Crippen LogP contribution in [0.1, 0.15) is 71.6 Å². The third-order valence-corrected chi connectivity index (χ3v) is 4.76. The fourth-order valence-corrected chi connectivity index (χ4v) is 3.34. The Morgan fingerprint density at radius 3 is 2.17 bits per heavy atom. The van der Waals surface area contributed by atoms with Crippen molar-refractivity contribution in [2.75, 3.05) is 0 Å². The zero-order valence-corrected chi connectivity index (χ0v) is 15.7. The Kier molecular flexibility index (Phi) is 8.65. The van der Waals surface area contributed by atoms with Crippen LogP contribution in [-0.4, -0.2) is 4.57 Å². The standard InChI is InChI=1S/C22H35N2/c1-3-5-7-9-14-18-24-20-19-23(17-13-8-6-4-2)22(24)21-15-11-10-12-16-21/h10-12,15-16,19-20H,3-9,13-14,17-18H2,1-2H3/q+1. The van der Waals surface area contributed by atoms with E-state index in [2.05, 4.69) is 65.7 Å². The van der Waals surface area contributed by atoms with Crippen LogP contribution in [0.5, 0.6) is 0 Å². The molecule has 0 fully saturated rings. The number of nitrogens with zero attached hydrogens (tertiary/aromatic N) is 2. The Bertz CT molecular complexity index is 557. The molecule has 0 saturated carbocycles. The molecule has 0 atom stereocenters. The predicted molar refractivity (Wildman–Crippen MR) is 103 cm³/mol. The molecule has 1 heterocycles. The van der Waals surface area contributed by atoms with Crippen LogP contribution in [-0.2, 0) is 13.1 Å². The highest BCUT2D eigenvalue weighted by atomic mass is 15.1. The van der Waals surface area contributed by atoms with Gasteiger partial charge in [0.05, 0.1) is 18.7 Å². The van der Waals surface area contributed by atoms with E-state index in [9.17, 15) is 0 Å². The fraction of sp³-hybridized carbons (Fsp3) is 0.591. The van der Waals surface area contributed by atoms with Crippen molar-refractivity contribution in [2.45, 2.75) is 84.7 Å². The molecule has 0 bridgehead atoms. The van der Waals surface area contributed by atoms with Gasteiger partial charge in [-0.25, -0.2) is 9.13 Å². The first-order chi connectivity index (χ1) is 11.9. The molecule has 132 valence electrons. The predicted octanol–water partition coefficient (Wildman–Crippen LogP) is 5.99. The van der Waals surface area contributed by atoms with Crippen molar-refractivity contribution in [3.05, 3.63) is 42.7 Å². The van der Waals surface area contributed by atoms with Gasteiger partial charge in [0.1, 0.15) is 12.4 Å². The number of unbranched alkanes of at least 4 members (excludes halogenated alkanes) is 7. The molecule has 0 spiro atoms. The van der Waals surface area contributed by atoms with Crippen molar-refractivity contribution in [3.8, 4) is 11.4 Å². The second-order valence-corrected chi connectivity index (χ2v) is 6.85. The van der Waals surface area contributed by atoms with Crippen molar-refractivity contribution in [3.63, 3.8) is 0 Å². The van der Waals surface area contributed by atoms with E-state index in [4.69, 9.17) is 0 Å². The summed E-state index contributed by atoms with van der Waals surface area (Å²) in [6.07, 6.45) is 16.5. The minimum Gasteiger partial charge on any atom is -0.230 e. The third kappa shape index (κ3) is 5.81. The topological polar surface area (TPSA) is 8.81 Å². The highest BCUT2D eigenvalue weighted by Gasteiger charge is 2.18. The summed E-state index contributed by atoms with van der Waals surface area (Å²) >= 11 is 0. The zero-order valence-electron chi connectivity index (χ0n) is 15.7. The SMILES string of the molecule is CCCCCCC[n+]1ccn(CCCCCC)c1-c1ccccc1. The Morgan fingerprint density at radius 1 is 0.792 bits per heavy atom. The van der Waals surface area contributed by atoms with Crippen molar-refractivity contribution in [1.29, 1.82) is 0 Å². The Hall–Kier alpha value is -1.57. The first kappa shape index (κ1) is 18.8. The molecule has 0 amide bonds. The molecule has 0 saturated heterocycles. The normalized spacial score (nSPS) is 11.1. The molecule has 0 aliphatic heterocycles. The van der Waals surface area contributed by atoms with Gasteiger partial charge in [0.15, 0.2) is 0 Å². The number of benzene rings is 1. The highest BCUT2D eigenvalue weighted by Crippen LogP contribution is 2.17. The molecular formula is C22H35N2+. The number of aryl methyl sites for hydroxylation is 2. The Balaban J connectivity index is 2.04. The summed E-state index contributed by atoms with van der Waals surface area (Å²) in [5.74, 6) is 1.38. The van der Waals surface area contributed by atoms with Crippen LogP contribution in [0.2, 0.25) is 0 Å². The van der Waals surface area contributed by atoms with E-state index in [-0.39, 0.29) is 0 Å². The van der Waals surface area contributed by atoms with Crippen molar-refractivity contribution < 1.29 is 4.57 Å². The van der Waals surface area contributed by atoms with Crippen LogP contribution < -0.4 is 4.57 Å². The summed E-state index contributed by atoms with van der Waals surface area (Å²) in [6, 6.07) is 10.9. The summed E-state index contributed by atoms with van der Waals surface area (Å²) < 4.78 is 4.91. The number of rotatable bonds is 12. The largest absolute Gasteiger partial charge is 0.288 e. The second-order valence-electron chi connectivity index (χ2n) is 6.85. The highest BCUT2D eigenvalue weighted by molar-refractivity contribution is 5.52. The van der Waals surface area contributed by atoms with E-state index in [1.165, 1.54) is 69.2 Å². The van der Waals surface area contributed by atoms with Gasteiger partial charge < -0.3 is 0 Å². The smallest absolute Gasteiger partial charge is 0.230 e. The van der Waals surface area contributed by atoms with E-state index in [0.717, 1.165) is 13.1 Å². The maximum absolute atomic E-state index is 2.46. The number of hydrogen-bond acceptors (Lipinski definition) is 0. The molecular weight excluding hydrogens is 292 g/mol. The summed E-state index contributed by atoms with van der Waals surface area (Å²) in [5, 5.41) is 0. The minimum atomic E-state index is 1.13. The molecule has 0 radical (unpaired) electrons. The molecule has 2 aromatic rings. The summed E-state index contributed by atoms with van der Waals surface area (Å²) in [4.78, 5) is 0. The van der Waals surface area contributed by atoms with Gasteiger partial charge in [-0.3, -0.25) is 0 Å². The van der Waals surface area contributed by atoms with Crippen molar-refractivity contribution in [1.82, 2.24) is 4.57 Å². The zero-order chi connectivity index (χ0) is 17.0. The quantitative estimate of drug-likeness (QED) is 0.334. The molecule has 0 N–H and O–H groups in total. The van der Waals surface area contributed by atoms with E-state index < -0.39 is 0 Å². The summed E-state index contributed by atoms with van der Waals surface area (Å²) in [6.45, 7) is 6.82. The first-order valence-electron chi connectivity index (χ1n) is 10.0. The molecule has 24 heavy (non-hydrogen) atoms. The van der Waals surface area contributed by atoms with Crippen LogP contribution in [0.25, 0.3) is 11.4 Å². The second kappa shape index (κ2) is 11.1. The lowest BCUT2D eigenvalue weighted by molar-refractivity contribution is -0.686. The fourth-order valence-electron chi connectivity index (χ4n) is 3.34. The van der Waals surface area contributed by atoms with Gasteiger partial charge in [-0.2, -0.15) is 0 Å². The van der Waals surface area contributed by atoms with Gasteiger partial charge >= 0.3 is 0 Å². The minimum absolute atomic E-state index is 1.13. The lowest BCUT2D eigenvalue weighted by Crippen LogP contribution is -2.34. The summed E-state index contributed by atoms with van der Waals surface area (Å²) in [5.41, 5.74) is 1.34. The van der Waals surface area contributed by atoms with E-state index in [1.54, 1.807) is 0 Å². The Morgan fingerprint density at radius 2 is 1.46 bits per heavy atom. The number of hydrogen-bond donors (Lipinski definition) is 0. The van der Waals surface area contributed by atoms with Crippen LogP contribution in [0.3, 0.4) is 0 Å². The molecule has 0 aliphatic carbocycles. The van der Waals surface area contributed by atoms with Gasteiger partial charge in [-0.15, -0.1) is 0 Å². The summed E-state index contributed by atoms with van der Waals surface area (Å²) in [7, 11) is 0. The molecule has 2 heteroatoms. The van der Waals surface area contributed by atoms with Gasteiger partial charge in [0.2, 0.25) is 0 Å². The van der Waals surface area contributed by atoms with Crippen LogP contribution in [0, 0.1) is 0 Å². The lowest BCUT2D eigenvalue weighted by Gasteiger charge is -2.06. The van der Waals surface area contributed by atoms with E-state index >= 15 is 0 Å². The average molecular weight is 328 g/mol. The van der Waals surface area contributed by atoms with Crippen LogP contribution in [0.4, 0.5) is 0 Å². The molecule has 1 aromatic heterocycles. The molecule has 0 unspecified atom stereocenters. The number of imidazole rings is 1. The van der Waals surface area contributed by atoms with Gasteiger partial charge in [0, 0.05) is 0 Å². The van der Waals surface area contributed by atoms with Crippen LogP contribution >= 0.6 is 0 Å². The molecule has 0 aliphatic rings. The molecule has 2 rings (SSSR count). The van der Waals surface area contributed by atoms with Crippen LogP contribution in [0.15, 0.2) is 42.7 Å². The monoisotopic (exact) mass is 327 g/mol. The van der Waals surface area contributed by atoms with Crippen molar-refractivity contribution in [2.24, 2.45) is 0 Å². The maximum Gasteiger partial charge on any atom is 0.288 e. The van der Waals surface area contributed by atoms with E-state index in [1.807, 2.05) is 0 Å². The molecule has 2 nitrogen and oxygen atoms in total. The van der Waals surface area contributed by atoms with Crippen molar-refractivity contribution >= 4 is 0 Å². The molecule has 1 aromatic carbocycles. The van der Waals surface area contributed by atoms with Gasteiger partial charge in [-0.05, 0) is 37.8 Å². The maximum atomic E-state index is 2.46. The van der Waals surface area contributed by atoms with Gasteiger partial charge in [0.25, 0.3) is 5.82 Å². The van der Waals surface area contributed by atoms with E-state index in [0.29, 0.717) is 0 Å².